The van der Waals surface area contributed by atoms with Gasteiger partial charge in [-0.1, -0.05) is 22.8 Å². The molecule has 1 heterocycles. The molecule has 0 atom stereocenters. The summed E-state index contributed by atoms with van der Waals surface area (Å²) in [6.07, 6.45) is 1.16. The summed E-state index contributed by atoms with van der Waals surface area (Å²) in [5.41, 5.74) is 2.63. The number of rotatable bonds is 2. The van der Waals surface area contributed by atoms with Gasteiger partial charge in [0.1, 0.15) is 0 Å². The van der Waals surface area contributed by atoms with Crippen molar-refractivity contribution in [3.05, 3.63) is 41.3 Å². The molecule has 0 spiro atoms. The lowest BCUT2D eigenvalue weighted by atomic mass is 10.1. The average Bonchev–Trinajstić information content (AvgIpc) is 2.70. The number of aryl methyl sites for hydroxylation is 2. The van der Waals surface area contributed by atoms with E-state index in [1.807, 2.05) is 26.0 Å². The molecule has 1 aromatic carbocycles. The zero-order valence-corrected chi connectivity index (χ0v) is 9.02. The quantitative estimate of drug-likeness (QED) is 0.834. The Morgan fingerprint density at radius 2 is 2.19 bits per heavy atom. The van der Waals surface area contributed by atoms with Crippen LogP contribution in [0.5, 0.6) is 0 Å². The van der Waals surface area contributed by atoms with Crippen molar-refractivity contribution in [1.29, 1.82) is 0 Å². The molecule has 1 aromatic heterocycles. The van der Waals surface area contributed by atoms with Crippen molar-refractivity contribution < 1.29 is 9.21 Å². The fourth-order valence-corrected chi connectivity index (χ4v) is 1.46. The van der Waals surface area contributed by atoms with Gasteiger partial charge in [-0.15, -0.1) is 5.10 Å². The summed E-state index contributed by atoms with van der Waals surface area (Å²) >= 11 is 0. The van der Waals surface area contributed by atoms with Crippen LogP contribution in [0.2, 0.25) is 0 Å². The molecule has 82 valence electrons. The highest BCUT2D eigenvalue weighted by Crippen LogP contribution is 2.12. The molecule has 0 saturated carbocycles. The molecule has 1 amide bonds. The fraction of sp³-hybridized carbons (Fsp3) is 0.182. The predicted octanol–water partition coefficient (Wildman–Crippen LogP) is 1.94. The van der Waals surface area contributed by atoms with Gasteiger partial charge in [0.15, 0.2) is 0 Å². The minimum absolute atomic E-state index is 0.102. The van der Waals surface area contributed by atoms with E-state index in [0.29, 0.717) is 5.56 Å². The third kappa shape index (κ3) is 2.08. The Morgan fingerprint density at radius 3 is 2.81 bits per heavy atom. The van der Waals surface area contributed by atoms with Crippen molar-refractivity contribution in [3.8, 4) is 0 Å². The largest absolute Gasteiger partial charge is 0.411 e. The third-order valence-electron chi connectivity index (χ3n) is 2.21. The monoisotopic (exact) mass is 217 g/mol. The molecule has 1 N–H and O–H groups in total. The van der Waals surface area contributed by atoms with E-state index in [0.717, 1.165) is 17.5 Å². The van der Waals surface area contributed by atoms with Crippen LogP contribution < -0.4 is 5.32 Å². The molecule has 5 heteroatoms. The van der Waals surface area contributed by atoms with Crippen molar-refractivity contribution >= 4 is 11.9 Å². The number of hydrogen-bond donors (Lipinski definition) is 1. The van der Waals surface area contributed by atoms with E-state index < -0.39 is 0 Å². The summed E-state index contributed by atoms with van der Waals surface area (Å²) in [7, 11) is 0. The standard InChI is InChI=1S/C11H11N3O2/c1-7-3-4-9(8(2)5-7)10(15)13-11-14-12-6-16-11/h3-6H,1-2H3,(H,13,14,15). The van der Waals surface area contributed by atoms with Gasteiger partial charge in [-0.25, -0.2) is 0 Å². The van der Waals surface area contributed by atoms with Gasteiger partial charge in [0.2, 0.25) is 6.39 Å². The van der Waals surface area contributed by atoms with E-state index in [4.69, 9.17) is 4.42 Å². The molecule has 0 fully saturated rings. The van der Waals surface area contributed by atoms with Gasteiger partial charge in [0.05, 0.1) is 0 Å². The number of benzene rings is 1. The molecular weight excluding hydrogens is 206 g/mol. The van der Waals surface area contributed by atoms with Crippen LogP contribution >= 0.6 is 0 Å². The smallest absolute Gasteiger partial charge is 0.322 e. The van der Waals surface area contributed by atoms with Gasteiger partial charge in [-0.2, -0.15) is 0 Å². The Hall–Kier alpha value is -2.17. The Kier molecular flexibility index (Phi) is 2.68. The van der Waals surface area contributed by atoms with Crippen LogP contribution in [0.4, 0.5) is 6.01 Å². The molecule has 16 heavy (non-hydrogen) atoms. The van der Waals surface area contributed by atoms with Crippen LogP contribution in [-0.2, 0) is 0 Å². The number of nitrogens with one attached hydrogen (secondary N) is 1. The minimum Gasteiger partial charge on any atom is -0.411 e. The number of anilines is 1. The third-order valence-corrected chi connectivity index (χ3v) is 2.21. The van der Waals surface area contributed by atoms with Gasteiger partial charge in [0.25, 0.3) is 5.91 Å². The number of hydrogen-bond acceptors (Lipinski definition) is 4. The maximum Gasteiger partial charge on any atom is 0.322 e. The van der Waals surface area contributed by atoms with Gasteiger partial charge >= 0.3 is 6.01 Å². The molecule has 0 aliphatic rings. The molecule has 0 aliphatic carbocycles. The first-order valence-corrected chi connectivity index (χ1v) is 4.81. The topological polar surface area (TPSA) is 68.0 Å². The van der Waals surface area contributed by atoms with E-state index in [2.05, 4.69) is 15.5 Å². The highest BCUT2D eigenvalue weighted by molar-refractivity contribution is 6.04. The Morgan fingerprint density at radius 1 is 1.38 bits per heavy atom. The Labute approximate surface area is 92.5 Å². The second-order valence-electron chi connectivity index (χ2n) is 3.52. The highest BCUT2D eigenvalue weighted by Gasteiger charge is 2.11. The van der Waals surface area contributed by atoms with Gasteiger partial charge in [0, 0.05) is 5.56 Å². The first-order chi connectivity index (χ1) is 7.66. The van der Waals surface area contributed by atoms with Gasteiger partial charge < -0.3 is 4.42 Å². The summed E-state index contributed by atoms with van der Waals surface area (Å²) in [6, 6.07) is 5.71. The predicted molar refractivity (Wildman–Crippen MR) is 58.2 cm³/mol. The van der Waals surface area contributed by atoms with E-state index in [1.165, 1.54) is 0 Å². The van der Waals surface area contributed by atoms with Crippen molar-refractivity contribution in [2.24, 2.45) is 0 Å². The van der Waals surface area contributed by atoms with Crippen molar-refractivity contribution in [2.75, 3.05) is 5.32 Å². The molecule has 5 nitrogen and oxygen atoms in total. The Balaban J connectivity index is 2.21. The molecule has 2 rings (SSSR count). The van der Waals surface area contributed by atoms with Gasteiger partial charge in [-0.3, -0.25) is 10.1 Å². The fourth-order valence-electron chi connectivity index (χ4n) is 1.46. The maximum absolute atomic E-state index is 11.8. The summed E-state index contributed by atoms with van der Waals surface area (Å²) in [6.45, 7) is 3.86. The summed E-state index contributed by atoms with van der Waals surface area (Å²) < 4.78 is 4.84. The van der Waals surface area contributed by atoms with Crippen LogP contribution in [0.3, 0.4) is 0 Å². The lowest BCUT2D eigenvalue weighted by molar-refractivity contribution is 0.102. The second-order valence-corrected chi connectivity index (χ2v) is 3.52. The summed E-state index contributed by atoms with van der Waals surface area (Å²) in [5.74, 6) is -0.248. The number of carbonyl (C=O) groups excluding carboxylic acids is 1. The zero-order chi connectivity index (χ0) is 11.5. The van der Waals surface area contributed by atoms with Crippen LogP contribution in [0.1, 0.15) is 21.5 Å². The zero-order valence-electron chi connectivity index (χ0n) is 9.02. The molecule has 0 saturated heterocycles. The second kappa shape index (κ2) is 4.14. The van der Waals surface area contributed by atoms with Gasteiger partial charge in [-0.05, 0) is 25.5 Å². The van der Waals surface area contributed by atoms with Crippen molar-refractivity contribution in [3.63, 3.8) is 0 Å². The summed E-state index contributed by atoms with van der Waals surface area (Å²) in [5, 5.41) is 9.57. The first kappa shape index (κ1) is 10.4. The molecular formula is C11H11N3O2. The van der Waals surface area contributed by atoms with Crippen LogP contribution in [0.15, 0.2) is 29.0 Å². The number of amides is 1. The molecule has 0 radical (unpaired) electrons. The van der Waals surface area contributed by atoms with Crippen molar-refractivity contribution in [1.82, 2.24) is 10.2 Å². The lowest BCUT2D eigenvalue weighted by Crippen LogP contribution is -2.13. The van der Waals surface area contributed by atoms with Crippen LogP contribution in [0.25, 0.3) is 0 Å². The Bertz CT molecular complexity index is 506. The molecule has 0 aliphatic heterocycles. The minimum atomic E-state index is -0.248. The van der Waals surface area contributed by atoms with Crippen molar-refractivity contribution in [2.45, 2.75) is 13.8 Å². The summed E-state index contributed by atoms with van der Waals surface area (Å²) in [4.78, 5) is 11.8. The van der Waals surface area contributed by atoms with E-state index in [-0.39, 0.29) is 11.9 Å². The first-order valence-electron chi connectivity index (χ1n) is 4.81. The van der Waals surface area contributed by atoms with E-state index in [9.17, 15) is 4.79 Å². The van der Waals surface area contributed by atoms with E-state index >= 15 is 0 Å². The van der Waals surface area contributed by atoms with Crippen LogP contribution in [-0.4, -0.2) is 16.1 Å². The molecule has 0 unspecified atom stereocenters. The SMILES string of the molecule is Cc1ccc(C(=O)Nc2nnco2)c(C)c1. The lowest BCUT2D eigenvalue weighted by Gasteiger charge is -2.05. The molecule has 2 aromatic rings. The van der Waals surface area contributed by atoms with E-state index in [1.54, 1.807) is 6.07 Å². The van der Waals surface area contributed by atoms with Crippen LogP contribution in [0, 0.1) is 13.8 Å². The average molecular weight is 217 g/mol. The number of nitrogens with zero attached hydrogens (tertiary/aromatic N) is 2. The number of carbonyl (C=O) groups is 1. The maximum atomic E-state index is 11.8. The normalized spacial score (nSPS) is 10.1. The highest BCUT2D eigenvalue weighted by atomic mass is 16.4. The molecule has 0 bridgehead atoms. The number of aromatic nitrogens is 2.